The number of hydrogen-bond donors (Lipinski definition) is 1. The van der Waals surface area contributed by atoms with Crippen LogP contribution >= 0.6 is 12.4 Å². The first kappa shape index (κ1) is 10.3. The van der Waals surface area contributed by atoms with Crippen molar-refractivity contribution in [2.75, 3.05) is 19.5 Å². The fourth-order valence-corrected chi connectivity index (χ4v) is 0.771. The number of nitrogens with zero attached hydrogens (tertiary/aromatic N) is 1. The molecule has 1 rings (SSSR count). The van der Waals surface area contributed by atoms with Gasteiger partial charge in [0.2, 0.25) is 0 Å². The molecule has 0 heterocycles. The quantitative estimate of drug-likeness (QED) is 0.687. The molecule has 1 aromatic carbocycles. The van der Waals surface area contributed by atoms with Crippen molar-refractivity contribution in [3.8, 4) is 0 Å². The van der Waals surface area contributed by atoms with E-state index in [4.69, 9.17) is 0 Å². The lowest BCUT2D eigenvalue weighted by molar-refractivity contribution is 0.495. The van der Waals surface area contributed by atoms with Crippen LogP contribution in [0.4, 0.5) is 5.69 Å². The van der Waals surface area contributed by atoms with E-state index in [9.17, 15) is 0 Å². The summed E-state index contributed by atoms with van der Waals surface area (Å²) in [5.74, 6) is 0. The van der Waals surface area contributed by atoms with Gasteiger partial charge in [0.05, 0.1) is 0 Å². The topological polar surface area (TPSA) is 15.3 Å². The average Bonchev–Trinajstić information content (AvgIpc) is 1.88. The zero-order valence-corrected chi connectivity index (χ0v) is 7.56. The van der Waals surface area contributed by atoms with E-state index < -0.39 is 0 Å². The fraction of sp³-hybridized carbons (Fsp3) is 0.250. The van der Waals surface area contributed by atoms with Crippen LogP contribution in [-0.4, -0.2) is 19.1 Å². The molecule has 0 spiro atoms. The fourth-order valence-electron chi connectivity index (χ4n) is 0.771. The van der Waals surface area contributed by atoms with Crippen LogP contribution in [-0.2, 0) is 0 Å². The highest BCUT2D eigenvalue weighted by Gasteiger charge is 1.87. The van der Waals surface area contributed by atoms with E-state index >= 15 is 0 Å². The highest BCUT2D eigenvalue weighted by molar-refractivity contribution is 5.85. The van der Waals surface area contributed by atoms with E-state index in [2.05, 4.69) is 5.43 Å². The van der Waals surface area contributed by atoms with Crippen molar-refractivity contribution in [1.82, 2.24) is 5.01 Å². The molecule has 0 unspecified atom stereocenters. The number of benzene rings is 1. The third-order valence-electron chi connectivity index (χ3n) is 1.13. The van der Waals surface area contributed by atoms with Gasteiger partial charge in [-0.1, -0.05) is 18.2 Å². The third-order valence-corrected chi connectivity index (χ3v) is 1.13. The first-order valence-corrected chi connectivity index (χ1v) is 3.28. The Morgan fingerprint density at radius 2 is 1.64 bits per heavy atom. The first-order valence-electron chi connectivity index (χ1n) is 3.28. The summed E-state index contributed by atoms with van der Waals surface area (Å²) in [6.45, 7) is 0. The minimum absolute atomic E-state index is 0. The molecule has 0 aliphatic carbocycles. The second kappa shape index (κ2) is 4.99. The smallest absolute Gasteiger partial charge is 0.0489 e. The number of nitrogens with one attached hydrogen (secondary N) is 1. The second-order valence-corrected chi connectivity index (χ2v) is 2.37. The number of para-hydroxylation sites is 1. The maximum absolute atomic E-state index is 3.14. The minimum Gasteiger partial charge on any atom is -0.319 e. The van der Waals surface area contributed by atoms with Gasteiger partial charge in [0.25, 0.3) is 0 Å². The zero-order chi connectivity index (χ0) is 7.40. The Morgan fingerprint density at radius 3 is 2.09 bits per heavy atom. The maximum Gasteiger partial charge on any atom is 0.0489 e. The predicted octanol–water partition coefficient (Wildman–Crippen LogP) is 2.00. The maximum atomic E-state index is 3.14. The zero-order valence-electron chi connectivity index (χ0n) is 6.74. The molecule has 0 bridgehead atoms. The molecule has 0 fully saturated rings. The number of rotatable bonds is 2. The van der Waals surface area contributed by atoms with Gasteiger partial charge in [-0.2, -0.15) is 0 Å². The summed E-state index contributed by atoms with van der Waals surface area (Å²) in [6, 6.07) is 10.1. The van der Waals surface area contributed by atoms with Gasteiger partial charge >= 0.3 is 0 Å². The third kappa shape index (κ3) is 3.86. The Morgan fingerprint density at radius 1 is 1.09 bits per heavy atom. The van der Waals surface area contributed by atoms with Crippen molar-refractivity contribution in [2.45, 2.75) is 0 Å². The predicted molar refractivity (Wildman–Crippen MR) is 51.0 cm³/mol. The molecular formula is C8H13ClN2. The summed E-state index contributed by atoms with van der Waals surface area (Å²) < 4.78 is 0. The van der Waals surface area contributed by atoms with Gasteiger partial charge < -0.3 is 5.43 Å². The highest BCUT2D eigenvalue weighted by Crippen LogP contribution is 2.03. The van der Waals surface area contributed by atoms with Gasteiger partial charge in [0.1, 0.15) is 0 Å². The van der Waals surface area contributed by atoms with Gasteiger partial charge in [-0.25, -0.2) is 5.01 Å². The van der Waals surface area contributed by atoms with Crippen LogP contribution in [0.2, 0.25) is 0 Å². The van der Waals surface area contributed by atoms with E-state index in [1.165, 1.54) is 0 Å². The van der Waals surface area contributed by atoms with Crippen molar-refractivity contribution in [2.24, 2.45) is 0 Å². The molecule has 3 heteroatoms. The minimum atomic E-state index is 0. The Kier molecular flexibility index (Phi) is 4.66. The number of hydrazine groups is 1. The molecule has 0 aliphatic heterocycles. The summed E-state index contributed by atoms with van der Waals surface area (Å²) in [5, 5.41) is 1.91. The van der Waals surface area contributed by atoms with Crippen LogP contribution in [0.15, 0.2) is 30.3 Å². The van der Waals surface area contributed by atoms with Crippen LogP contribution in [0, 0.1) is 0 Å². The summed E-state index contributed by atoms with van der Waals surface area (Å²) in [6.07, 6.45) is 0. The van der Waals surface area contributed by atoms with Crippen molar-refractivity contribution in [3.63, 3.8) is 0 Å². The standard InChI is InChI=1S/C8H12N2.ClH/c1-10(2)9-8-6-4-3-5-7-8;/h3-7,9H,1-2H3;1H. The Balaban J connectivity index is 0.000001000. The van der Waals surface area contributed by atoms with E-state index in [0.717, 1.165) is 5.69 Å². The monoisotopic (exact) mass is 172 g/mol. The molecule has 11 heavy (non-hydrogen) atoms. The Bertz CT molecular complexity index is 187. The molecule has 2 nitrogen and oxygen atoms in total. The van der Waals surface area contributed by atoms with Crippen molar-refractivity contribution in [1.29, 1.82) is 0 Å². The van der Waals surface area contributed by atoms with Crippen molar-refractivity contribution < 1.29 is 0 Å². The molecule has 0 radical (unpaired) electrons. The number of hydrogen-bond acceptors (Lipinski definition) is 2. The molecule has 1 N–H and O–H groups in total. The molecule has 0 saturated carbocycles. The molecule has 0 aromatic heterocycles. The summed E-state index contributed by atoms with van der Waals surface area (Å²) in [4.78, 5) is 0. The average molecular weight is 173 g/mol. The lowest BCUT2D eigenvalue weighted by Crippen LogP contribution is -2.19. The van der Waals surface area contributed by atoms with Crippen molar-refractivity contribution in [3.05, 3.63) is 30.3 Å². The lowest BCUT2D eigenvalue weighted by Gasteiger charge is -2.12. The van der Waals surface area contributed by atoms with E-state index in [1.807, 2.05) is 49.4 Å². The van der Waals surface area contributed by atoms with E-state index in [-0.39, 0.29) is 12.4 Å². The van der Waals surface area contributed by atoms with E-state index in [0.29, 0.717) is 0 Å². The van der Waals surface area contributed by atoms with Crippen LogP contribution < -0.4 is 5.43 Å². The molecule has 62 valence electrons. The van der Waals surface area contributed by atoms with Gasteiger partial charge in [-0.15, -0.1) is 12.4 Å². The van der Waals surface area contributed by atoms with Gasteiger partial charge in [-0.05, 0) is 12.1 Å². The molecule has 0 amide bonds. The SMILES string of the molecule is CN(C)Nc1ccccc1.Cl. The molecule has 1 aromatic rings. The van der Waals surface area contributed by atoms with Crippen LogP contribution in [0.5, 0.6) is 0 Å². The molecule has 0 aliphatic rings. The second-order valence-electron chi connectivity index (χ2n) is 2.37. The van der Waals surface area contributed by atoms with Crippen LogP contribution in [0.3, 0.4) is 0 Å². The molecular weight excluding hydrogens is 160 g/mol. The van der Waals surface area contributed by atoms with Gasteiger partial charge in [0.15, 0.2) is 0 Å². The Hall–Kier alpha value is -0.730. The normalized spacial score (nSPS) is 9.00. The largest absolute Gasteiger partial charge is 0.319 e. The number of halogens is 1. The number of anilines is 1. The van der Waals surface area contributed by atoms with Crippen LogP contribution in [0.1, 0.15) is 0 Å². The summed E-state index contributed by atoms with van der Waals surface area (Å²) in [7, 11) is 3.93. The molecule has 0 saturated heterocycles. The Labute approximate surface area is 73.6 Å². The van der Waals surface area contributed by atoms with Gasteiger partial charge in [0, 0.05) is 19.8 Å². The summed E-state index contributed by atoms with van der Waals surface area (Å²) in [5.41, 5.74) is 4.26. The summed E-state index contributed by atoms with van der Waals surface area (Å²) >= 11 is 0. The lowest BCUT2D eigenvalue weighted by atomic mass is 10.3. The molecule has 0 atom stereocenters. The first-order chi connectivity index (χ1) is 4.79. The van der Waals surface area contributed by atoms with Gasteiger partial charge in [-0.3, -0.25) is 0 Å². The highest BCUT2D eigenvalue weighted by atomic mass is 35.5. The van der Waals surface area contributed by atoms with Crippen molar-refractivity contribution >= 4 is 18.1 Å². The van der Waals surface area contributed by atoms with E-state index in [1.54, 1.807) is 0 Å². The van der Waals surface area contributed by atoms with Crippen LogP contribution in [0.25, 0.3) is 0 Å².